The molecule has 1 fully saturated rings. The number of rotatable bonds is 1. The quantitative estimate of drug-likeness (QED) is 0.863. The second-order valence-corrected chi connectivity index (χ2v) is 4.65. The minimum atomic E-state index is -0.123. The van der Waals surface area contributed by atoms with Crippen LogP contribution in [0.1, 0.15) is 5.69 Å². The van der Waals surface area contributed by atoms with Crippen LogP contribution in [0.5, 0.6) is 0 Å². The van der Waals surface area contributed by atoms with Crippen LogP contribution < -0.4 is 5.32 Å². The van der Waals surface area contributed by atoms with Crippen molar-refractivity contribution in [3.8, 4) is 0 Å². The first kappa shape index (κ1) is 12.3. The summed E-state index contributed by atoms with van der Waals surface area (Å²) < 4.78 is 6.12. The van der Waals surface area contributed by atoms with Crippen LogP contribution in [-0.4, -0.2) is 42.2 Å². The largest absolute Gasteiger partial charge is 0.378 e. The summed E-state index contributed by atoms with van der Waals surface area (Å²) in [5.74, 6) is 0.571. The Morgan fingerprint density at radius 2 is 2.18 bits per heavy atom. The third-order valence-electron chi connectivity index (χ3n) is 2.55. The maximum Gasteiger partial charge on any atom is 0.323 e. The molecule has 1 aliphatic heterocycles. The number of ether oxygens (including phenoxy) is 1. The highest BCUT2D eigenvalue weighted by Crippen LogP contribution is 2.16. The van der Waals surface area contributed by atoms with Crippen LogP contribution in [0.3, 0.4) is 0 Å². The van der Waals surface area contributed by atoms with Gasteiger partial charge in [0.05, 0.1) is 18.9 Å². The number of amides is 2. The fourth-order valence-corrected chi connectivity index (χ4v) is 1.79. The molecular formula is C11H14BrN3O2. The van der Waals surface area contributed by atoms with Gasteiger partial charge in [-0.1, -0.05) is 0 Å². The Labute approximate surface area is 108 Å². The molecule has 2 amide bonds. The number of pyridine rings is 1. The van der Waals surface area contributed by atoms with E-state index in [1.165, 1.54) is 0 Å². The van der Waals surface area contributed by atoms with E-state index in [2.05, 4.69) is 26.2 Å². The molecule has 1 saturated heterocycles. The van der Waals surface area contributed by atoms with Crippen LogP contribution in [0.15, 0.2) is 16.6 Å². The molecule has 1 aromatic heterocycles. The minimum Gasteiger partial charge on any atom is -0.378 e. The molecule has 0 unspecified atom stereocenters. The fourth-order valence-electron chi connectivity index (χ4n) is 1.57. The van der Waals surface area contributed by atoms with Crippen LogP contribution in [0.25, 0.3) is 0 Å². The number of hydrogen-bond acceptors (Lipinski definition) is 3. The lowest BCUT2D eigenvalue weighted by Gasteiger charge is -2.26. The maximum absolute atomic E-state index is 11.9. The number of halogens is 1. The van der Waals surface area contributed by atoms with Gasteiger partial charge in [-0.3, -0.25) is 5.32 Å². The van der Waals surface area contributed by atoms with Crippen LogP contribution in [0.4, 0.5) is 10.6 Å². The van der Waals surface area contributed by atoms with E-state index < -0.39 is 0 Å². The zero-order valence-corrected chi connectivity index (χ0v) is 11.2. The smallest absolute Gasteiger partial charge is 0.323 e. The van der Waals surface area contributed by atoms with Gasteiger partial charge in [0.2, 0.25) is 0 Å². The summed E-state index contributed by atoms with van der Waals surface area (Å²) in [4.78, 5) is 17.9. The molecule has 0 aromatic carbocycles. The molecule has 0 saturated carbocycles. The predicted molar refractivity (Wildman–Crippen MR) is 68.1 cm³/mol. The van der Waals surface area contributed by atoms with Crippen LogP contribution in [-0.2, 0) is 4.74 Å². The molecule has 6 heteroatoms. The number of carbonyl (C=O) groups excluding carboxylic acids is 1. The van der Waals surface area contributed by atoms with Crippen molar-refractivity contribution in [2.24, 2.45) is 0 Å². The summed E-state index contributed by atoms with van der Waals surface area (Å²) in [7, 11) is 0. The predicted octanol–water partition coefficient (Wildman–Crippen LogP) is 2.02. The van der Waals surface area contributed by atoms with Crippen molar-refractivity contribution < 1.29 is 9.53 Å². The van der Waals surface area contributed by atoms with Gasteiger partial charge in [-0.2, -0.15) is 0 Å². The summed E-state index contributed by atoms with van der Waals surface area (Å²) in [6.45, 7) is 4.33. The molecule has 1 N–H and O–H groups in total. The summed E-state index contributed by atoms with van der Waals surface area (Å²) in [6.07, 6.45) is 0. The summed E-state index contributed by atoms with van der Waals surface area (Å²) >= 11 is 3.37. The van der Waals surface area contributed by atoms with Crippen molar-refractivity contribution in [2.45, 2.75) is 6.92 Å². The Hall–Kier alpha value is -1.14. The molecule has 0 spiro atoms. The molecule has 17 heavy (non-hydrogen) atoms. The topological polar surface area (TPSA) is 54.5 Å². The van der Waals surface area contributed by atoms with Gasteiger partial charge in [-0.25, -0.2) is 9.78 Å². The van der Waals surface area contributed by atoms with Crippen LogP contribution >= 0.6 is 15.9 Å². The number of aryl methyl sites for hydroxylation is 1. The van der Waals surface area contributed by atoms with Gasteiger partial charge in [-0.15, -0.1) is 0 Å². The van der Waals surface area contributed by atoms with Crippen molar-refractivity contribution in [1.29, 1.82) is 0 Å². The molecule has 2 rings (SSSR count). The Bertz CT molecular complexity index is 419. The molecule has 0 bridgehead atoms. The first-order valence-electron chi connectivity index (χ1n) is 5.43. The van der Waals surface area contributed by atoms with E-state index in [1.54, 1.807) is 11.0 Å². The van der Waals surface area contributed by atoms with Gasteiger partial charge in [0.1, 0.15) is 5.82 Å². The highest BCUT2D eigenvalue weighted by atomic mass is 79.9. The second kappa shape index (κ2) is 5.46. The van der Waals surface area contributed by atoms with Gasteiger partial charge in [0.15, 0.2) is 0 Å². The Balaban J connectivity index is 1.99. The van der Waals surface area contributed by atoms with Gasteiger partial charge in [-0.05, 0) is 35.0 Å². The molecule has 0 aliphatic carbocycles. The molecule has 2 heterocycles. The van der Waals surface area contributed by atoms with Crippen molar-refractivity contribution in [2.75, 3.05) is 31.6 Å². The minimum absolute atomic E-state index is 0.123. The Morgan fingerprint density at radius 1 is 1.47 bits per heavy atom. The molecule has 5 nitrogen and oxygen atoms in total. The summed E-state index contributed by atoms with van der Waals surface area (Å²) in [5.41, 5.74) is 0.852. The number of aromatic nitrogens is 1. The Kier molecular flexibility index (Phi) is 3.96. The monoisotopic (exact) mass is 299 g/mol. The van der Waals surface area contributed by atoms with E-state index >= 15 is 0 Å². The summed E-state index contributed by atoms with van der Waals surface area (Å²) in [5, 5.41) is 2.78. The average molecular weight is 300 g/mol. The van der Waals surface area contributed by atoms with E-state index in [0.29, 0.717) is 32.1 Å². The third kappa shape index (κ3) is 3.17. The van der Waals surface area contributed by atoms with Gasteiger partial charge in [0.25, 0.3) is 0 Å². The first-order valence-corrected chi connectivity index (χ1v) is 6.23. The number of morpholine rings is 1. The number of anilines is 1. The molecule has 92 valence electrons. The van der Waals surface area contributed by atoms with Crippen molar-refractivity contribution in [3.05, 3.63) is 22.3 Å². The zero-order chi connectivity index (χ0) is 12.3. The maximum atomic E-state index is 11.9. The fraction of sp³-hybridized carbons (Fsp3) is 0.455. The van der Waals surface area contributed by atoms with E-state index in [-0.39, 0.29) is 6.03 Å². The van der Waals surface area contributed by atoms with E-state index in [0.717, 1.165) is 10.2 Å². The lowest BCUT2D eigenvalue weighted by atomic mass is 10.4. The molecular weight excluding hydrogens is 286 g/mol. The number of urea groups is 1. The zero-order valence-electron chi connectivity index (χ0n) is 9.57. The van der Waals surface area contributed by atoms with Gasteiger partial charge >= 0.3 is 6.03 Å². The lowest BCUT2D eigenvalue weighted by molar-refractivity contribution is 0.0564. The number of nitrogens with one attached hydrogen (secondary N) is 1. The van der Waals surface area contributed by atoms with E-state index in [4.69, 9.17) is 4.74 Å². The van der Waals surface area contributed by atoms with Crippen LogP contribution in [0.2, 0.25) is 0 Å². The highest BCUT2D eigenvalue weighted by molar-refractivity contribution is 9.10. The van der Waals surface area contributed by atoms with E-state index in [1.807, 2.05) is 13.0 Å². The van der Waals surface area contributed by atoms with E-state index in [9.17, 15) is 4.79 Å². The molecule has 1 aliphatic rings. The summed E-state index contributed by atoms with van der Waals surface area (Å²) in [6, 6.07) is 3.52. The number of carbonyl (C=O) groups is 1. The van der Waals surface area contributed by atoms with Crippen molar-refractivity contribution in [1.82, 2.24) is 9.88 Å². The number of nitrogens with zero attached hydrogens (tertiary/aromatic N) is 2. The van der Waals surface area contributed by atoms with Gasteiger partial charge < -0.3 is 9.64 Å². The standard InChI is InChI=1S/C11H14BrN3O2/c1-8-9(12)2-3-10(13-8)14-11(16)15-4-6-17-7-5-15/h2-3H,4-7H2,1H3,(H,13,14,16). The Morgan fingerprint density at radius 3 is 2.82 bits per heavy atom. The molecule has 0 radical (unpaired) electrons. The van der Waals surface area contributed by atoms with Gasteiger partial charge in [0, 0.05) is 17.6 Å². The second-order valence-electron chi connectivity index (χ2n) is 3.79. The first-order chi connectivity index (χ1) is 8.16. The average Bonchev–Trinajstić information content (AvgIpc) is 2.35. The number of hydrogen-bond donors (Lipinski definition) is 1. The highest BCUT2D eigenvalue weighted by Gasteiger charge is 2.17. The van der Waals surface area contributed by atoms with Crippen LogP contribution in [0, 0.1) is 6.92 Å². The molecule has 0 atom stereocenters. The lowest BCUT2D eigenvalue weighted by Crippen LogP contribution is -2.43. The normalized spacial score (nSPS) is 15.8. The van der Waals surface area contributed by atoms with Crippen molar-refractivity contribution >= 4 is 27.8 Å². The SMILES string of the molecule is Cc1nc(NC(=O)N2CCOCC2)ccc1Br. The van der Waals surface area contributed by atoms with Crippen molar-refractivity contribution in [3.63, 3.8) is 0 Å². The molecule has 1 aromatic rings. The third-order valence-corrected chi connectivity index (χ3v) is 3.39.